The number of aryl methyl sites for hydroxylation is 3. The van der Waals surface area contributed by atoms with E-state index in [-0.39, 0.29) is 18.2 Å². The summed E-state index contributed by atoms with van der Waals surface area (Å²) in [5.41, 5.74) is 4.35. The number of aromatic nitrogens is 1. The SMILES string of the molecule is Cc1cc(C)c2c(CC(=O)Nc3nc(C)c(C(=O)OCC(C)C)s3)coc2c1. The summed E-state index contributed by atoms with van der Waals surface area (Å²) >= 11 is 1.13. The van der Waals surface area contributed by atoms with Crippen molar-refractivity contribution in [3.8, 4) is 0 Å². The molecule has 1 aromatic carbocycles. The molecule has 148 valence electrons. The van der Waals surface area contributed by atoms with Gasteiger partial charge >= 0.3 is 5.97 Å². The lowest BCUT2D eigenvalue weighted by Gasteiger charge is -2.05. The molecule has 1 N–H and O–H groups in total. The fraction of sp³-hybridized carbons (Fsp3) is 0.381. The summed E-state index contributed by atoms with van der Waals surface area (Å²) in [4.78, 5) is 29.4. The Bertz CT molecular complexity index is 1030. The van der Waals surface area contributed by atoms with E-state index < -0.39 is 5.97 Å². The molecule has 0 saturated carbocycles. The molecule has 0 bridgehead atoms. The van der Waals surface area contributed by atoms with Crippen molar-refractivity contribution >= 4 is 39.3 Å². The minimum absolute atomic E-state index is 0.169. The number of thiazole rings is 1. The lowest BCUT2D eigenvalue weighted by molar-refractivity contribution is -0.115. The number of anilines is 1. The van der Waals surface area contributed by atoms with Crippen molar-refractivity contribution in [2.24, 2.45) is 5.92 Å². The van der Waals surface area contributed by atoms with Crippen molar-refractivity contribution in [1.29, 1.82) is 0 Å². The van der Waals surface area contributed by atoms with Gasteiger partial charge in [-0.2, -0.15) is 0 Å². The third-order valence-corrected chi connectivity index (χ3v) is 5.27. The monoisotopic (exact) mass is 400 g/mol. The van der Waals surface area contributed by atoms with Crippen LogP contribution in [0.3, 0.4) is 0 Å². The van der Waals surface area contributed by atoms with Gasteiger partial charge in [0.05, 0.1) is 25.0 Å². The molecule has 0 aliphatic rings. The first-order chi connectivity index (χ1) is 13.2. The number of rotatable bonds is 6. The fourth-order valence-electron chi connectivity index (χ4n) is 3.04. The number of hydrogen-bond acceptors (Lipinski definition) is 6. The second-order valence-corrected chi connectivity index (χ2v) is 8.37. The Hall–Kier alpha value is -2.67. The van der Waals surface area contributed by atoms with Crippen molar-refractivity contribution in [3.63, 3.8) is 0 Å². The summed E-state index contributed by atoms with van der Waals surface area (Å²) in [7, 11) is 0. The molecule has 6 nitrogen and oxygen atoms in total. The van der Waals surface area contributed by atoms with Gasteiger partial charge in [-0.25, -0.2) is 9.78 Å². The minimum Gasteiger partial charge on any atom is -0.464 e. The molecule has 3 rings (SSSR count). The molecular weight excluding hydrogens is 376 g/mol. The van der Waals surface area contributed by atoms with E-state index in [9.17, 15) is 9.59 Å². The first-order valence-electron chi connectivity index (χ1n) is 9.16. The smallest absolute Gasteiger partial charge is 0.350 e. The highest BCUT2D eigenvalue weighted by molar-refractivity contribution is 7.17. The standard InChI is InChI=1S/C21H24N2O4S/c1-11(2)9-27-20(25)19-14(5)22-21(28-19)23-17(24)8-15-10-26-16-7-12(3)6-13(4)18(15)16/h6-7,10-11H,8-9H2,1-5H3,(H,22,23,24). The normalized spacial score (nSPS) is 11.2. The topological polar surface area (TPSA) is 81.4 Å². The highest BCUT2D eigenvalue weighted by Gasteiger charge is 2.19. The predicted octanol–water partition coefficient (Wildman–Crippen LogP) is 4.81. The van der Waals surface area contributed by atoms with Crippen molar-refractivity contribution in [2.45, 2.75) is 41.0 Å². The second-order valence-electron chi connectivity index (χ2n) is 7.37. The molecule has 2 aromatic heterocycles. The van der Waals surface area contributed by atoms with E-state index >= 15 is 0 Å². The van der Waals surface area contributed by atoms with Crippen LogP contribution in [0.4, 0.5) is 5.13 Å². The number of fused-ring (bicyclic) bond motifs is 1. The van der Waals surface area contributed by atoms with Crippen LogP contribution >= 0.6 is 11.3 Å². The lowest BCUT2D eigenvalue weighted by Crippen LogP contribution is -2.14. The molecule has 0 unspecified atom stereocenters. The summed E-state index contributed by atoms with van der Waals surface area (Å²) in [6, 6.07) is 4.03. The van der Waals surface area contributed by atoms with E-state index in [0.717, 1.165) is 39.0 Å². The van der Waals surface area contributed by atoms with E-state index in [2.05, 4.69) is 16.4 Å². The van der Waals surface area contributed by atoms with Crippen molar-refractivity contribution in [2.75, 3.05) is 11.9 Å². The average Bonchev–Trinajstić information content (AvgIpc) is 3.16. The largest absolute Gasteiger partial charge is 0.464 e. The molecule has 0 aliphatic heterocycles. The number of furan rings is 1. The summed E-state index contributed by atoms with van der Waals surface area (Å²) in [5.74, 6) is -0.358. The van der Waals surface area contributed by atoms with Crippen LogP contribution in [0, 0.1) is 26.7 Å². The number of esters is 1. The number of ether oxygens (including phenoxy) is 1. The zero-order valence-corrected chi connectivity index (χ0v) is 17.5. The van der Waals surface area contributed by atoms with Crippen molar-refractivity contribution in [3.05, 3.63) is 45.7 Å². The van der Waals surface area contributed by atoms with E-state index in [4.69, 9.17) is 9.15 Å². The van der Waals surface area contributed by atoms with E-state index in [1.54, 1.807) is 13.2 Å². The van der Waals surface area contributed by atoms with Gasteiger partial charge in [0.1, 0.15) is 10.5 Å². The Morgan fingerprint density at radius 3 is 2.71 bits per heavy atom. The minimum atomic E-state index is -0.406. The molecule has 0 fully saturated rings. The zero-order chi connectivity index (χ0) is 20.4. The average molecular weight is 401 g/mol. The lowest BCUT2D eigenvalue weighted by atomic mass is 10.0. The van der Waals surface area contributed by atoms with E-state index in [0.29, 0.717) is 22.3 Å². The number of nitrogens with zero attached hydrogens (tertiary/aromatic N) is 1. The first kappa shape index (κ1) is 20.1. The fourth-order valence-corrected chi connectivity index (χ4v) is 3.92. The van der Waals surface area contributed by atoms with Gasteiger partial charge < -0.3 is 14.5 Å². The predicted molar refractivity (Wildman–Crippen MR) is 110 cm³/mol. The molecule has 3 aromatic rings. The molecule has 7 heteroatoms. The summed E-state index contributed by atoms with van der Waals surface area (Å²) in [6.07, 6.45) is 1.79. The van der Waals surface area contributed by atoms with Crippen LogP contribution in [0.1, 0.15) is 45.9 Å². The molecule has 0 aliphatic carbocycles. The van der Waals surface area contributed by atoms with Gasteiger partial charge in [-0.15, -0.1) is 0 Å². The Morgan fingerprint density at radius 1 is 1.25 bits per heavy atom. The first-order valence-corrected chi connectivity index (χ1v) is 9.98. The molecule has 0 radical (unpaired) electrons. The van der Waals surface area contributed by atoms with Crippen LogP contribution in [0.15, 0.2) is 22.8 Å². The van der Waals surface area contributed by atoms with Crippen LogP contribution < -0.4 is 5.32 Å². The summed E-state index contributed by atoms with van der Waals surface area (Å²) < 4.78 is 10.9. The number of carbonyl (C=O) groups excluding carboxylic acids is 2. The molecule has 2 heterocycles. The number of carbonyl (C=O) groups is 2. The van der Waals surface area contributed by atoms with Gasteiger partial charge in [0.25, 0.3) is 0 Å². The zero-order valence-electron chi connectivity index (χ0n) is 16.7. The molecule has 0 atom stereocenters. The maximum atomic E-state index is 12.5. The third kappa shape index (κ3) is 4.42. The molecule has 1 amide bonds. The number of amides is 1. The Labute approximate surface area is 167 Å². The quantitative estimate of drug-likeness (QED) is 0.601. The van der Waals surface area contributed by atoms with Gasteiger partial charge in [0, 0.05) is 10.9 Å². The van der Waals surface area contributed by atoms with Gasteiger partial charge in [-0.1, -0.05) is 31.3 Å². The van der Waals surface area contributed by atoms with Gasteiger partial charge in [0.15, 0.2) is 5.13 Å². The Kier molecular flexibility index (Phi) is 5.84. The van der Waals surface area contributed by atoms with Crippen LogP contribution in [0.25, 0.3) is 11.0 Å². The van der Waals surface area contributed by atoms with Crippen LogP contribution in [-0.4, -0.2) is 23.5 Å². The number of nitrogens with one attached hydrogen (secondary N) is 1. The van der Waals surface area contributed by atoms with E-state index in [1.807, 2.05) is 33.8 Å². The van der Waals surface area contributed by atoms with Gasteiger partial charge in [0.2, 0.25) is 5.91 Å². The molecule has 0 spiro atoms. The molecule has 0 saturated heterocycles. The highest BCUT2D eigenvalue weighted by Crippen LogP contribution is 2.28. The van der Waals surface area contributed by atoms with Crippen LogP contribution in [0.2, 0.25) is 0 Å². The molecule has 28 heavy (non-hydrogen) atoms. The van der Waals surface area contributed by atoms with Gasteiger partial charge in [-0.3, -0.25) is 4.79 Å². The maximum absolute atomic E-state index is 12.5. The number of benzene rings is 1. The Morgan fingerprint density at radius 2 is 2.00 bits per heavy atom. The summed E-state index contributed by atoms with van der Waals surface area (Å²) in [6.45, 7) is 10.0. The van der Waals surface area contributed by atoms with Crippen molar-refractivity contribution in [1.82, 2.24) is 4.98 Å². The van der Waals surface area contributed by atoms with E-state index in [1.165, 1.54) is 0 Å². The second kappa shape index (κ2) is 8.14. The number of hydrogen-bond donors (Lipinski definition) is 1. The summed E-state index contributed by atoms with van der Waals surface area (Å²) in [5, 5.41) is 4.13. The van der Waals surface area contributed by atoms with Crippen LogP contribution in [-0.2, 0) is 16.0 Å². The third-order valence-electron chi connectivity index (χ3n) is 4.22. The van der Waals surface area contributed by atoms with Gasteiger partial charge in [-0.05, 0) is 43.9 Å². The highest BCUT2D eigenvalue weighted by atomic mass is 32.1. The molecular formula is C21H24N2O4S. The van der Waals surface area contributed by atoms with Crippen LogP contribution in [0.5, 0.6) is 0 Å². The Balaban J connectivity index is 1.71. The van der Waals surface area contributed by atoms with Crippen molar-refractivity contribution < 1.29 is 18.7 Å². The maximum Gasteiger partial charge on any atom is 0.350 e.